The van der Waals surface area contributed by atoms with E-state index in [0.717, 1.165) is 6.42 Å². The van der Waals surface area contributed by atoms with Crippen molar-refractivity contribution in [1.29, 1.82) is 0 Å². The van der Waals surface area contributed by atoms with Crippen LogP contribution in [0, 0.1) is 11.7 Å². The van der Waals surface area contributed by atoms with Gasteiger partial charge in [-0.25, -0.2) is 4.39 Å². The molecule has 4 heteroatoms. The second kappa shape index (κ2) is 5.85. The van der Waals surface area contributed by atoms with Gasteiger partial charge in [0.25, 0.3) is 0 Å². The molecule has 2 nitrogen and oxygen atoms in total. The number of halogens is 2. The van der Waals surface area contributed by atoms with Crippen LogP contribution in [-0.2, 0) is 11.2 Å². The number of hydrogen-bond donors (Lipinski definition) is 1. The smallest absolute Gasteiger partial charge is 0.306 e. The third-order valence-electron chi connectivity index (χ3n) is 2.50. The summed E-state index contributed by atoms with van der Waals surface area (Å²) in [5, 5.41) is 9.28. The molecule has 0 aliphatic rings. The Morgan fingerprint density at radius 2 is 2.25 bits per heavy atom. The van der Waals surface area contributed by atoms with Crippen molar-refractivity contribution in [2.24, 2.45) is 5.92 Å². The maximum atomic E-state index is 13.4. The zero-order valence-corrected chi connectivity index (χ0v) is 9.80. The van der Waals surface area contributed by atoms with Gasteiger partial charge in [-0.05, 0) is 25.0 Å². The number of carboxylic acid groups (broad SMARTS) is 1. The highest BCUT2D eigenvalue weighted by molar-refractivity contribution is 6.31. The lowest BCUT2D eigenvalue weighted by molar-refractivity contribution is -0.141. The van der Waals surface area contributed by atoms with Gasteiger partial charge >= 0.3 is 5.97 Å². The van der Waals surface area contributed by atoms with Crippen LogP contribution in [0.25, 0.3) is 0 Å². The Kier molecular flexibility index (Phi) is 4.74. The van der Waals surface area contributed by atoms with Crippen molar-refractivity contribution in [3.8, 4) is 0 Å². The standard InChI is InChI=1S/C12H14ClFO2/c1-2-4-8(12(15)16)7-9-10(13)5-3-6-11(9)14/h3,5-6,8H,2,4,7H2,1H3,(H,15,16). The fraction of sp³-hybridized carbons (Fsp3) is 0.417. The fourth-order valence-electron chi connectivity index (χ4n) is 1.64. The largest absolute Gasteiger partial charge is 0.481 e. The predicted molar refractivity (Wildman–Crippen MR) is 61.1 cm³/mol. The van der Waals surface area contributed by atoms with E-state index in [1.54, 1.807) is 6.07 Å². The van der Waals surface area contributed by atoms with E-state index in [1.165, 1.54) is 12.1 Å². The van der Waals surface area contributed by atoms with Crippen molar-refractivity contribution in [3.05, 3.63) is 34.6 Å². The maximum Gasteiger partial charge on any atom is 0.306 e. The fourth-order valence-corrected chi connectivity index (χ4v) is 1.88. The molecule has 0 saturated heterocycles. The molecule has 1 unspecified atom stereocenters. The summed E-state index contributed by atoms with van der Waals surface area (Å²) in [5.74, 6) is -1.91. The summed E-state index contributed by atoms with van der Waals surface area (Å²) >= 11 is 5.85. The molecule has 0 aliphatic heterocycles. The van der Waals surface area contributed by atoms with Gasteiger partial charge in [0.15, 0.2) is 0 Å². The number of benzene rings is 1. The van der Waals surface area contributed by atoms with Crippen LogP contribution >= 0.6 is 11.6 Å². The van der Waals surface area contributed by atoms with Gasteiger partial charge < -0.3 is 5.11 Å². The van der Waals surface area contributed by atoms with Crippen LogP contribution < -0.4 is 0 Å². The SMILES string of the molecule is CCCC(Cc1c(F)cccc1Cl)C(=O)O. The molecule has 1 aromatic rings. The highest BCUT2D eigenvalue weighted by Gasteiger charge is 2.20. The van der Waals surface area contributed by atoms with E-state index in [1.807, 2.05) is 6.92 Å². The van der Waals surface area contributed by atoms with Crippen LogP contribution in [0.3, 0.4) is 0 Å². The van der Waals surface area contributed by atoms with Gasteiger partial charge in [0.1, 0.15) is 5.82 Å². The maximum absolute atomic E-state index is 13.4. The van der Waals surface area contributed by atoms with E-state index in [-0.39, 0.29) is 6.42 Å². The molecular formula is C12H14ClFO2. The Morgan fingerprint density at radius 3 is 2.75 bits per heavy atom. The third kappa shape index (κ3) is 3.20. The molecule has 0 heterocycles. The van der Waals surface area contributed by atoms with Gasteiger partial charge in [-0.15, -0.1) is 0 Å². The van der Waals surface area contributed by atoms with Crippen LogP contribution in [0.2, 0.25) is 5.02 Å². The Bertz CT molecular complexity index is 359. The van der Waals surface area contributed by atoms with Gasteiger partial charge in [-0.1, -0.05) is 31.0 Å². The first-order valence-electron chi connectivity index (χ1n) is 5.22. The highest BCUT2D eigenvalue weighted by atomic mass is 35.5. The van der Waals surface area contributed by atoms with Crippen molar-refractivity contribution in [1.82, 2.24) is 0 Å². The van der Waals surface area contributed by atoms with E-state index in [2.05, 4.69) is 0 Å². The molecule has 0 bridgehead atoms. The van der Waals surface area contributed by atoms with E-state index in [4.69, 9.17) is 16.7 Å². The zero-order chi connectivity index (χ0) is 12.1. The van der Waals surface area contributed by atoms with Gasteiger partial charge in [0.05, 0.1) is 5.92 Å². The number of carboxylic acids is 1. The molecule has 1 aromatic carbocycles. The molecule has 1 atom stereocenters. The summed E-state index contributed by atoms with van der Waals surface area (Å²) in [4.78, 5) is 11.0. The van der Waals surface area contributed by atoms with Gasteiger partial charge in [0.2, 0.25) is 0 Å². The third-order valence-corrected chi connectivity index (χ3v) is 2.85. The van der Waals surface area contributed by atoms with Gasteiger partial charge in [-0.2, -0.15) is 0 Å². The van der Waals surface area contributed by atoms with Crippen LogP contribution in [0.4, 0.5) is 4.39 Å². The average Bonchev–Trinajstić information content (AvgIpc) is 2.21. The minimum atomic E-state index is -0.902. The number of hydrogen-bond acceptors (Lipinski definition) is 1. The summed E-state index contributed by atoms with van der Waals surface area (Å²) < 4.78 is 13.4. The molecule has 0 aromatic heterocycles. The highest BCUT2D eigenvalue weighted by Crippen LogP contribution is 2.24. The summed E-state index contributed by atoms with van der Waals surface area (Å²) in [6.45, 7) is 1.90. The van der Waals surface area contributed by atoms with E-state index < -0.39 is 17.7 Å². The summed E-state index contributed by atoms with van der Waals surface area (Å²) in [7, 11) is 0. The minimum Gasteiger partial charge on any atom is -0.481 e. The van der Waals surface area contributed by atoms with E-state index in [9.17, 15) is 9.18 Å². The summed E-state index contributed by atoms with van der Waals surface area (Å²) in [6, 6.07) is 4.38. The van der Waals surface area contributed by atoms with E-state index >= 15 is 0 Å². The average molecular weight is 245 g/mol. The molecule has 0 fully saturated rings. The van der Waals surface area contributed by atoms with Crippen LogP contribution in [0.15, 0.2) is 18.2 Å². The monoisotopic (exact) mass is 244 g/mol. The molecule has 0 amide bonds. The van der Waals surface area contributed by atoms with Crippen LogP contribution in [0.5, 0.6) is 0 Å². The number of rotatable bonds is 5. The second-order valence-electron chi connectivity index (χ2n) is 3.73. The van der Waals surface area contributed by atoms with E-state index in [0.29, 0.717) is 17.0 Å². The summed E-state index contributed by atoms with van der Waals surface area (Å²) in [6.07, 6.45) is 1.43. The molecule has 1 rings (SSSR count). The summed E-state index contributed by atoms with van der Waals surface area (Å²) in [5.41, 5.74) is 0.296. The van der Waals surface area contributed by atoms with Crippen molar-refractivity contribution in [2.75, 3.05) is 0 Å². The van der Waals surface area contributed by atoms with Crippen molar-refractivity contribution >= 4 is 17.6 Å². The molecule has 1 N–H and O–H groups in total. The molecule has 0 radical (unpaired) electrons. The van der Waals surface area contributed by atoms with Crippen molar-refractivity contribution in [2.45, 2.75) is 26.2 Å². The van der Waals surface area contributed by atoms with Gasteiger partial charge in [-0.3, -0.25) is 4.79 Å². The lowest BCUT2D eigenvalue weighted by atomic mass is 9.95. The lowest BCUT2D eigenvalue weighted by Crippen LogP contribution is -2.17. The normalized spacial score (nSPS) is 12.4. The molecule has 16 heavy (non-hydrogen) atoms. The molecule has 0 spiro atoms. The quantitative estimate of drug-likeness (QED) is 0.861. The second-order valence-corrected chi connectivity index (χ2v) is 4.14. The van der Waals surface area contributed by atoms with Crippen molar-refractivity contribution < 1.29 is 14.3 Å². The number of carbonyl (C=O) groups is 1. The Hall–Kier alpha value is -1.09. The molecule has 0 aliphatic carbocycles. The number of aliphatic carboxylic acids is 1. The van der Waals surface area contributed by atoms with Crippen LogP contribution in [-0.4, -0.2) is 11.1 Å². The first-order chi connectivity index (χ1) is 7.56. The molecule has 88 valence electrons. The van der Waals surface area contributed by atoms with Crippen LogP contribution in [0.1, 0.15) is 25.3 Å². The zero-order valence-electron chi connectivity index (χ0n) is 9.04. The minimum absolute atomic E-state index is 0.147. The Labute approximate surface area is 99.0 Å². The topological polar surface area (TPSA) is 37.3 Å². The Morgan fingerprint density at radius 1 is 1.56 bits per heavy atom. The molecular weight excluding hydrogens is 231 g/mol. The Balaban J connectivity index is 2.89. The predicted octanol–water partition coefficient (Wildman–Crippen LogP) is 3.52. The molecule has 0 saturated carbocycles. The van der Waals surface area contributed by atoms with Gasteiger partial charge in [0, 0.05) is 10.6 Å². The first-order valence-corrected chi connectivity index (χ1v) is 5.59. The van der Waals surface area contributed by atoms with Crippen molar-refractivity contribution in [3.63, 3.8) is 0 Å². The lowest BCUT2D eigenvalue weighted by Gasteiger charge is -2.12. The first kappa shape index (κ1) is 13.0.